The lowest BCUT2D eigenvalue weighted by molar-refractivity contribution is 0.739. The highest BCUT2D eigenvalue weighted by Crippen LogP contribution is 2.26. The van der Waals surface area contributed by atoms with Crippen LogP contribution in [0, 0.1) is 6.92 Å². The maximum atomic E-state index is 5.87. The van der Waals surface area contributed by atoms with Crippen molar-refractivity contribution >= 4 is 17.3 Å². The molecule has 0 aliphatic rings. The van der Waals surface area contributed by atoms with Crippen molar-refractivity contribution in [2.75, 3.05) is 12.3 Å². The summed E-state index contributed by atoms with van der Waals surface area (Å²) in [6, 6.07) is 3.34. The summed E-state index contributed by atoms with van der Waals surface area (Å²) in [7, 11) is 0. The lowest BCUT2D eigenvalue weighted by Crippen LogP contribution is -2.22. The molecular formula is C9H14ClN3. The van der Waals surface area contributed by atoms with Crippen LogP contribution in [0.5, 0.6) is 0 Å². The molecule has 3 nitrogen and oxygen atoms in total. The quantitative estimate of drug-likeness (QED) is 0.627. The Labute approximate surface area is 82.8 Å². The van der Waals surface area contributed by atoms with Gasteiger partial charge in [-0.3, -0.25) is 0 Å². The van der Waals surface area contributed by atoms with Gasteiger partial charge in [0.05, 0.1) is 0 Å². The number of halogens is 1. The van der Waals surface area contributed by atoms with Gasteiger partial charge in [-0.25, -0.2) is 0 Å². The molecule has 0 unspecified atom stereocenters. The smallest absolute Gasteiger partial charge is 0.0440 e. The lowest BCUT2D eigenvalue weighted by atomic mass is 10.0. The molecule has 1 atom stereocenters. The summed E-state index contributed by atoms with van der Waals surface area (Å²) in [6.07, 6.45) is 0. The van der Waals surface area contributed by atoms with Crippen LogP contribution < -0.4 is 17.2 Å². The molecule has 72 valence electrons. The summed E-state index contributed by atoms with van der Waals surface area (Å²) in [5, 5.41) is 0.644. The standard InChI is InChI=1S/C9H14ClN3/c1-5-2-6(10)3-7(9(5)13)8(12)4-11/h2-3,8H,4,11-13H2,1H3/t8-/m1/s1. The minimum Gasteiger partial charge on any atom is -0.398 e. The molecule has 4 heteroatoms. The van der Waals surface area contributed by atoms with Gasteiger partial charge in [0.15, 0.2) is 0 Å². The van der Waals surface area contributed by atoms with Crippen LogP contribution in [0.4, 0.5) is 5.69 Å². The van der Waals surface area contributed by atoms with E-state index in [1.54, 1.807) is 6.07 Å². The molecule has 0 saturated heterocycles. The summed E-state index contributed by atoms with van der Waals surface area (Å²) < 4.78 is 0. The fraction of sp³-hybridized carbons (Fsp3) is 0.333. The zero-order valence-corrected chi connectivity index (χ0v) is 8.31. The summed E-state index contributed by atoms with van der Waals surface area (Å²) in [6.45, 7) is 2.26. The van der Waals surface area contributed by atoms with E-state index in [2.05, 4.69) is 0 Å². The predicted octanol–water partition coefficient (Wildman–Crippen LogP) is 1.19. The molecule has 1 aromatic rings. The highest BCUT2D eigenvalue weighted by molar-refractivity contribution is 6.30. The second-order valence-electron chi connectivity index (χ2n) is 3.07. The summed E-state index contributed by atoms with van der Waals surface area (Å²) >= 11 is 5.87. The van der Waals surface area contributed by atoms with E-state index in [0.29, 0.717) is 17.3 Å². The van der Waals surface area contributed by atoms with E-state index in [-0.39, 0.29) is 6.04 Å². The van der Waals surface area contributed by atoms with E-state index in [1.807, 2.05) is 13.0 Å². The monoisotopic (exact) mass is 199 g/mol. The largest absolute Gasteiger partial charge is 0.398 e. The van der Waals surface area contributed by atoms with Crippen LogP contribution in [0.15, 0.2) is 12.1 Å². The molecule has 1 aromatic carbocycles. The van der Waals surface area contributed by atoms with Crippen LogP contribution in [-0.2, 0) is 0 Å². The van der Waals surface area contributed by atoms with E-state index in [9.17, 15) is 0 Å². The number of aryl methyl sites for hydroxylation is 1. The average molecular weight is 200 g/mol. The van der Waals surface area contributed by atoms with Gasteiger partial charge in [0.2, 0.25) is 0 Å². The van der Waals surface area contributed by atoms with Crippen LogP contribution in [-0.4, -0.2) is 6.54 Å². The number of hydrogen-bond donors (Lipinski definition) is 3. The molecular weight excluding hydrogens is 186 g/mol. The van der Waals surface area contributed by atoms with Crippen LogP contribution in [0.1, 0.15) is 17.2 Å². The van der Waals surface area contributed by atoms with E-state index in [0.717, 1.165) is 11.1 Å². The summed E-state index contributed by atoms with van der Waals surface area (Å²) in [5.41, 5.74) is 19.5. The summed E-state index contributed by atoms with van der Waals surface area (Å²) in [4.78, 5) is 0. The maximum absolute atomic E-state index is 5.87. The third-order valence-corrected chi connectivity index (χ3v) is 2.26. The number of nitrogen functional groups attached to an aromatic ring is 1. The van der Waals surface area contributed by atoms with Crippen molar-refractivity contribution < 1.29 is 0 Å². The zero-order chi connectivity index (χ0) is 10.0. The van der Waals surface area contributed by atoms with Crippen molar-refractivity contribution in [3.05, 3.63) is 28.3 Å². The van der Waals surface area contributed by atoms with Gasteiger partial charge in [0.25, 0.3) is 0 Å². The highest BCUT2D eigenvalue weighted by atomic mass is 35.5. The Hall–Kier alpha value is -0.770. The first-order valence-electron chi connectivity index (χ1n) is 4.07. The van der Waals surface area contributed by atoms with Gasteiger partial charge in [0.1, 0.15) is 0 Å². The molecule has 0 aromatic heterocycles. The normalized spacial score (nSPS) is 12.9. The number of rotatable bonds is 2. The topological polar surface area (TPSA) is 78.1 Å². The molecule has 6 N–H and O–H groups in total. The molecule has 0 aliphatic carbocycles. The van der Waals surface area contributed by atoms with Crippen molar-refractivity contribution in [1.29, 1.82) is 0 Å². The van der Waals surface area contributed by atoms with Crippen LogP contribution >= 0.6 is 11.6 Å². The second-order valence-corrected chi connectivity index (χ2v) is 3.50. The minimum absolute atomic E-state index is 0.239. The Balaban J connectivity index is 3.20. The number of hydrogen-bond acceptors (Lipinski definition) is 3. The van der Waals surface area contributed by atoms with Gasteiger partial charge >= 0.3 is 0 Å². The first kappa shape index (κ1) is 10.3. The van der Waals surface area contributed by atoms with E-state index in [1.165, 1.54) is 0 Å². The molecule has 0 radical (unpaired) electrons. The molecule has 0 spiro atoms. The first-order chi connectivity index (χ1) is 6.06. The van der Waals surface area contributed by atoms with E-state index < -0.39 is 0 Å². The molecule has 0 bridgehead atoms. The lowest BCUT2D eigenvalue weighted by Gasteiger charge is -2.14. The van der Waals surface area contributed by atoms with Crippen molar-refractivity contribution in [3.63, 3.8) is 0 Å². The van der Waals surface area contributed by atoms with Gasteiger partial charge in [-0.15, -0.1) is 0 Å². The number of anilines is 1. The molecule has 0 fully saturated rings. The summed E-state index contributed by atoms with van der Waals surface area (Å²) in [5.74, 6) is 0. The van der Waals surface area contributed by atoms with Gasteiger partial charge in [-0.2, -0.15) is 0 Å². The molecule has 1 rings (SSSR count). The Morgan fingerprint density at radius 2 is 2.08 bits per heavy atom. The van der Waals surface area contributed by atoms with Gasteiger partial charge in [-0.05, 0) is 30.2 Å². The van der Waals surface area contributed by atoms with Crippen molar-refractivity contribution in [1.82, 2.24) is 0 Å². The molecule has 13 heavy (non-hydrogen) atoms. The Morgan fingerprint density at radius 1 is 1.46 bits per heavy atom. The molecule has 0 saturated carbocycles. The SMILES string of the molecule is Cc1cc(Cl)cc([C@H](N)CN)c1N. The third kappa shape index (κ3) is 2.12. The molecule has 0 heterocycles. The fourth-order valence-electron chi connectivity index (χ4n) is 1.21. The van der Waals surface area contributed by atoms with Crippen molar-refractivity contribution in [3.8, 4) is 0 Å². The van der Waals surface area contributed by atoms with Crippen LogP contribution in [0.2, 0.25) is 5.02 Å². The zero-order valence-electron chi connectivity index (χ0n) is 7.55. The van der Waals surface area contributed by atoms with Gasteiger partial charge in [-0.1, -0.05) is 11.6 Å². The minimum atomic E-state index is -0.239. The number of nitrogens with two attached hydrogens (primary N) is 3. The Morgan fingerprint density at radius 3 is 2.62 bits per heavy atom. The van der Waals surface area contributed by atoms with Crippen LogP contribution in [0.3, 0.4) is 0 Å². The molecule has 0 amide bonds. The average Bonchev–Trinajstić information content (AvgIpc) is 2.10. The van der Waals surface area contributed by atoms with Crippen LogP contribution in [0.25, 0.3) is 0 Å². The fourth-order valence-corrected chi connectivity index (χ4v) is 1.50. The Bertz CT molecular complexity index is 312. The van der Waals surface area contributed by atoms with Crippen molar-refractivity contribution in [2.24, 2.45) is 11.5 Å². The third-order valence-electron chi connectivity index (χ3n) is 2.04. The maximum Gasteiger partial charge on any atom is 0.0440 e. The van der Waals surface area contributed by atoms with E-state index in [4.69, 9.17) is 28.8 Å². The van der Waals surface area contributed by atoms with Gasteiger partial charge in [0, 0.05) is 23.3 Å². The van der Waals surface area contributed by atoms with Gasteiger partial charge < -0.3 is 17.2 Å². The highest BCUT2D eigenvalue weighted by Gasteiger charge is 2.10. The predicted molar refractivity (Wildman–Crippen MR) is 56.6 cm³/mol. The Kier molecular flexibility index (Phi) is 3.14. The van der Waals surface area contributed by atoms with Crippen molar-refractivity contribution in [2.45, 2.75) is 13.0 Å². The number of benzene rings is 1. The molecule has 0 aliphatic heterocycles. The second kappa shape index (κ2) is 3.96. The van der Waals surface area contributed by atoms with E-state index >= 15 is 0 Å². The first-order valence-corrected chi connectivity index (χ1v) is 4.45.